The molecule has 0 aliphatic carbocycles. The summed E-state index contributed by atoms with van der Waals surface area (Å²) in [6, 6.07) is 0. The number of ether oxygens (including phenoxy) is 1. The van der Waals surface area contributed by atoms with Gasteiger partial charge in [-0.1, -0.05) is 0 Å². The average Bonchev–Trinajstić information content (AvgIpc) is 2.70. The number of carbonyl (C=O) groups is 1. The summed E-state index contributed by atoms with van der Waals surface area (Å²) in [5, 5.41) is 12.5. The van der Waals surface area contributed by atoms with Crippen molar-refractivity contribution < 1.29 is 14.6 Å². The standard InChI is InChI=1S/C10H20N2O3/c1-15-10(14)7-11-6-9(13)8-12-4-2-3-5-12/h9,11,13H,2-8H2,1H3. The molecule has 0 aromatic rings. The van der Waals surface area contributed by atoms with Crippen LogP contribution in [-0.2, 0) is 9.53 Å². The molecule has 88 valence electrons. The van der Waals surface area contributed by atoms with Crippen molar-refractivity contribution in [2.45, 2.75) is 18.9 Å². The number of aliphatic hydroxyl groups is 1. The Labute approximate surface area is 90.4 Å². The lowest BCUT2D eigenvalue weighted by Gasteiger charge is -2.19. The Kier molecular flexibility index (Phi) is 5.60. The third-order valence-electron chi connectivity index (χ3n) is 2.54. The summed E-state index contributed by atoms with van der Waals surface area (Å²) in [5.41, 5.74) is 0. The Balaban J connectivity index is 2.02. The van der Waals surface area contributed by atoms with Crippen molar-refractivity contribution >= 4 is 5.97 Å². The van der Waals surface area contributed by atoms with E-state index < -0.39 is 6.10 Å². The molecule has 0 aromatic carbocycles. The van der Waals surface area contributed by atoms with Crippen molar-refractivity contribution in [1.82, 2.24) is 10.2 Å². The molecule has 2 N–H and O–H groups in total. The quantitative estimate of drug-likeness (QED) is 0.570. The molecule has 1 rings (SSSR count). The zero-order valence-corrected chi connectivity index (χ0v) is 9.24. The van der Waals surface area contributed by atoms with E-state index >= 15 is 0 Å². The summed E-state index contributed by atoms with van der Waals surface area (Å²) in [6.45, 7) is 3.44. The van der Waals surface area contributed by atoms with Gasteiger partial charge in [-0.3, -0.25) is 4.79 Å². The molecule has 0 saturated carbocycles. The second-order valence-corrected chi connectivity index (χ2v) is 3.87. The molecule has 1 heterocycles. The summed E-state index contributed by atoms with van der Waals surface area (Å²) in [4.78, 5) is 13.0. The number of hydrogen-bond donors (Lipinski definition) is 2. The predicted molar refractivity (Wildman–Crippen MR) is 56.6 cm³/mol. The lowest BCUT2D eigenvalue weighted by molar-refractivity contribution is -0.139. The van der Waals surface area contributed by atoms with Gasteiger partial charge in [-0.2, -0.15) is 0 Å². The summed E-state index contributed by atoms with van der Waals surface area (Å²) >= 11 is 0. The molecule has 15 heavy (non-hydrogen) atoms. The highest BCUT2D eigenvalue weighted by molar-refractivity contribution is 5.71. The molecule has 1 unspecified atom stereocenters. The lowest BCUT2D eigenvalue weighted by Crippen LogP contribution is -2.38. The van der Waals surface area contributed by atoms with E-state index in [2.05, 4.69) is 15.0 Å². The van der Waals surface area contributed by atoms with Crippen LogP contribution in [0.5, 0.6) is 0 Å². The van der Waals surface area contributed by atoms with Gasteiger partial charge < -0.3 is 20.1 Å². The van der Waals surface area contributed by atoms with Crippen LogP contribution in [0, 0.1) is 0 Å². The molecule has 0 radical (unpaired) electrons. The van der Waals surface area contributed by atoms with Crippen LogP contribution < -0.4 is 5.32 Å². The first-order chi connectivity index (χ1) is 7.22. The molecule has 0 amide bonds. The molecule has 0 spiro atoms. The SMILES string of the molecule is COC(=O)CNCC(O)CN1CCCC1. The van der Waals surface area contributed by atoms with E-state index in [4.69, 9.17) is 0 Å². The van der Waals surface area contributed by atoms with Gasteiger partial charge in [0.05, 0.1) is 19.8 Å². The highest BCUT2D eigenvalue weighted by Gasteiger charge is 2.15. The number of carbonyl (C=O) groups excluding carboxylic acids is 1. The summed E-state index contributed by atoms with van der Waals surface area (Å²) < 4.78 is 4.47. The lowest BCUT2D eigenvalue weighted by atomic mass is 10.3. The second kappa shape index (κ2) is 6.76. The first-order valence-corrected chi connectivity index (χ1v) is 5.40. The van der Waals surface area contributed by atoms with E-state index in [9.17, 15) is 9.90 Å². The van der Waals surface area contributed by atoms with Crippen LogP contribution in [-0.4, -0.2) is 61.9 Å². The summed E-state index contributed by atoms with van der Waals surface area (Å²) in [7, 11) is 1.35. The second-order valence-electron chi connectivity index (χ2n) is 3.87. The Morgan fingerprint density at radius 1 is 1.53 bits per heavy atom. The highest BCUT2D eigenvalue weighted by Crippen LogP contribution is 2.07. The molecule has 1 saturated heterocycles. The number of likely N-dealkylation sites (tertiary alicyclic amines) is 1. The number of esters is 1. The van der Waals surface area contributed by atoms with Gasteiger partial charge >= 0.3 is 5.97 Å². The maximum atomic E-state index is 10.8. The predicted octanol–water partition coefficient (Wildman–Crippen LogP) is -0.794. The summed E-state index contributed by atoms with van der Waals surface area (Å²) in [5.74, 6) is -0.302. The van der Waals surface area contributed by atoms with Crippen molar-refractivity contribution in [1.29, 1.82) is 0 Å². The van der Waals surface area contributed by atoms with E-state index in [0.717, 1.165) is 13.1 Å². The third-order valence-corrected chi connectivity index (χ3v) is 2.54. The van der Waals surface area contributed by atoms with Gasteiger partial charge in [0.25, 0.3) is 0 Å². The monoisotopic (exact) mass is 216 g/mol. The molecule has 1 aliphatic rings. The Morgan fingerprint density at radius 2 is 2.20 bits per heavy atom. The Morgan fingerprint density at radius 3 is 2.80 bits per heavy atom. The van der Waals surface area contributed by atoms with Gasteiger partial charge in [-0.15, -0.1) is 0 Å². The van der Waals surface area contributed by atoms with Crippen molar-refractivity contribution in [3.8, 4) is 0 Å². The number of rotatable bonds is 6. The van der Waals surface area contributed by atoms with Crippen LogP contribution in [0.4, 0.5) is 0 Å². The number of nitrogens with one attached hydrogen (secondary N) is 1. The van der Waals surface area contributed by atoms with Crippen LogP contribution in [0.3, 0.4) is 0 Å². The van der Waals surface area contributed by atoms with Crippen molar-refractivity contribution in [3.63, 3.8) is 0 Å². The fraction of sp³-hybridized carbons (Fsp3) is 0.900. The van der Waals surface area contributed by atoms with E-state index in [-0.39, 0.29) is 12.5 Å². The van der Waals surface area contributed by atoms with E-state index in [1.165, 1.54) is 20.0 Å². The van der Waals surface area contributed by atoms with Crippen LogP contribution in [0.1, 0.15) is 12.8 Å². The molecule has 0 aromatic heterocycles. The van der Waals surface area contributed by atoms with Crippen LogP contribution in [0.2, 0.25) is 0 Å². The third kappa shape index (κ3) is 5.11. The van der Waals surface area contributed by atoms with E-state index in [1.54, 1.807) is 0 Å². The van der Waals surface area contributed by atoms with Gasteiger partial charge in [0.1, 0.15) is 0 Å². The normalized spacial score (nSPS) is 19.1. The van der Waals surface area contributed by atoms with Crippen molar-refractivity contribution in [2.75, 3.05) is 39.8 Å². The van der Waals surface area contributed by atoms with E-state index in [0.29, 0.717) is 13.1 Å². The Bertz CT molecular complexity index is 193. The minimum Gasteiger partial charge on any atom is -0.468 e. The zero-order chi connectivity index (χ0) is 11.1. The zero-order valence-electron chi connectivity index (χ0n) is 9.24. The first-order valence-electron chi connectivity index (χ1n) is 5.40. The van der Waals surface area contributed by atoms with Crippen LogP contribution in [0.15, 0.2) is 0 Å². The minimum absolute atomic E-state index is 0.160. The fourth-order valence-corrected chi connectivity index (χ4v) is 1.74. The van der Waals surface area contributed by atoms with Gasteiger partial charge in [0.2, 0.25) is 0 Å². The van der Waals surface area contributed by atoms with Crippen molar-refractivity contribution in [2.24, 2.45) is 0 Å². The molecular weight excluding hydrogens is 196 g/mol. The maximum absolute atomic E-state index is 10.8. The average molecular weight is 216 g/mol. The molecular formula is C10H20N2O3. The number of aliphatic hydroxyl groups excluding tert-OH is 1. The molecule has 0 bridgehead atoms. The number of methoxy groups -OCH3 is 1. The number of nitrogens with zero attached hydrogens (tertiary/aromatic N) is 1. The number of hydrogen-bond acceptors (Lipinski definition) is 5. The maximum Gasteiger partial charge on any atom is 0.319 e. The van der Waals surface area contributed by atoms with Gasteiger partial charge in [0.15, 0.2) is 0 Å². The van der Waals surface area contributed by atoms with Gasteiger partial charge in [-0.05, 0) is 25.9 Å². The summed E-state index contributed by atoms with van der Waals surface area (Å²) in [6.07, 6.45) is 2.04. The highest BCUT2D eigenvalue weighted by atomic mass is 16.5. The topological polar surface area (TPSA) is 61.8 Å². The van der Waals surface area contributed by atoms with Crippen LogP contribution >= 0.6 is 0 Å². The molecule has 1 atom stereocenters. The van der Waals surface area contributed by atoms with Gasteiger partial charge in [-0.25, -0.2) is 0 Å². The van der Waals surface area contributed by atoms with Gasteiger partial charge in [0, 0.05) is 13.1 Å². The fourth-order valence-electron chi connectivity index (χ4n) is 1.74. The van der Waals surface area contributed by atoms with E-state index in [1.807, 2.05) is 0 Å². The minimum atomic E-state index is -0.409. The first kappa shape index (κ1) is 12.4. The smallest absolute Gasteiger partial charge is 0.319 e. The molecule has 5 nitrogen and oxygen atoms in total. The number of β-amino-alcohol motifs (C(OH)–C–C–N with tert-alkyl or cyclic N) is 1. The van der Waals surface area contributed by atoms with Crippen LogP contribution in [0.25, 0.3) is 0 Å². The molecule has 1 fully saturated rings. The molecule has 5 heteroatoms. The Hall–Kier alpha value is -0.650. The van der Waals surface area contributed by atoms with Crippen molar-refractivity contribution in [3.05, 3.63) is 0 Å². The largest absolute Gasteiger partial charge is 0.468 e. The molecule has 1 aliphatic heterocycles.